The summed E-state index contributed by atoms with van der Waals surface area (Å²) in [5.74, 6) is 0. The smallest absolute Gasteiger partial charge is 0.0623 e. The fourth-order valence-corrected chi connectivity index (χ4v) is 10.7. The van der Waals surface area contributed by atoms with Crippen LogP contribution in [0.3, 0.4) is 0 Å². The molecule has 0 saturated heterocycles. The van der Waals surface area contributed by atoms with Crippen LogP contribution in [-0.4, -0.2) is 8.07 Å². The fourth-order valence-electron chi connectivity index (χ4n) is 7.24. The van der Waals surface area contributed by atoms with Crippen LogP contribution in [0.15, 0.2) is 158 Å². The molecular weight excluding hydrogens is 533 g/mol. The Labute approximate surface area is 255 Å². The van der Waals surface area contributed by atoms with Crippen molar-refractivity contribution in [1.29, 1.82) is 0 Å². The van der Waals surface area contributed by atoms with Crippen molar-refractivity contribution in [2.75, 3.05) is 0 Å². The molecule has 1 heterocycles. The molecule has 0 N–H and O–H groups in total. The summed E-state index contributed by atoms with van der Waals surface area (Å²) in [6.45, 7) is 5.02. The lowest BCUT2D eigenvalue weighted by molar-refractivity contribution is 1.57. The molecule has 0 amide bonds. The molecule has 1 aliphatic rings. The van der Waals surface area contributed by atoms with E-state index >= 15 is 0 Å². The maximum absolute atomic E-state index is 2.51. The lowest BCUT2D eigenvalue weighted by Gasteiger charge is -2.23. The molecule has 0 atom stereocenters. The summed E-state index contributed by atoms with van der Waals surface area (Å²) in [4.78, 5) is 0. The normalized spacial score (nSPS) is 13.1. The van der Waals surface area contributed by atoms with Crippen LogP contribution in [-0.2, 0) is 0 Å². The van der Waals surface area contributed by atoms with Gasteiger partial charge in [0.15, 0.2) is 0 Å². The van der Waals surface area contributed by atoms with E-state index in [2.05, 4.69) is 171 Å². The highest BCUT2D eigenvalue weighted by atomic mass is 28.3. The lowest BCUT2D eigenvalue weighted by Crippen LogP contribution is -2.50. The summed E-state index contributed by atoms with van der Waals surface area (Å²) < 4.78 is 0. The monoisotopic (exact) mass is 564 g/mol. The van der Waals surface area contributed by atoms with Crippen molar-refractivity contribution in [1.82, 2.24) is 0 Å². The first kappa shape index (κ1) is 25.7. The molecule has 7 aromatic rings. The molecule has 0 radical (unpaired) electrons. The Kier molecular flexibility index (Phi) is 6.03. The third-order valence-corrected chi connectivity index (χ3v) is 12.8. The van der Waals surface area contributed by atoms with Crippen LogP contribution in [0.5, 0.6) is 0 Å². The van der Waals surface area contributed by atoms with E-state index in [1.807, 2.05) is 0 Å². The van der Waals surface area contributed by atoms with E-state index < -0.39 is 8.07 Å². The minimum Gasteiger partial charge on any atom is -0.0623 e. The van der Waals surface area contributed by atoms with Crippen LogP contribution in [0.4, 0.5) is 0 Å². The summed E-state index contributed by atoms with van der Waals surface area (Å²) in [5, 5.41) is 5.70. The van der Waals surface area contributed by atoms with Gasteiger partial charge in [-0.25, -0.2) is 0 Å². The number of benzene rings is 7. The Morgan fingerprint density at radius 3 is 1.44 bits per heavy atom. The van der Waals surface area contributed by atoms with E-state index in [1.165, 1.54) is 66.4 Å². The largest absolute Gasteiger partial charge is 0.114 e. The van der Waals surface area contributed by atoms with Crippen molar-refractivity contribution in [3.8, 4) is 55.6 Å². The van der Waals surface area contributed by atoms with Gasteiger partial charge in [-0.05, 0) is 95.0 Å². The van der Waals surface area contributed by atoms with Crippen molar-refractivity contribution < 1.29 is 0 Å². The Morgan fingerprint density at radius 1 is 0.326 bits per heavy atom. The van der Waals surface area contributed by atoms with Gasteiger partial charge in [0, 0.05) is 0 Å². The summed E-state index contributed by atoms with van der Waals surface area (Å²) in [7, 11) is -1.86. The van der Waals surface area contributed by atoms with E-state index in [-0.39, 0.29) is 0 Å². The average molecular weight is 565 g/mol. The van der Waals surface area contributed by atoms with Gasteiger partial charge in [-0.1, -0.05) is 153 Å². The Morgan fingerprint density at radius 2 is 0.791 bits per heavy atom. The number of hydrogen-bond donors (Lipinski definition) is 0. The predicted octanol–water partition coefficient (Wildman–Crippen LogP) is 10.3. The highest BCUT2D eigenvalue weighted by Crippen LogP contribution is 2.41. The van der Waals surface area contributed by atoms with Gasteiger partial charge in [-0.15, -0.1) is 0 Å². The van der Waals surface area contributed by atoms with Gasteiger partial charge >= 0.3 is 0 Å². The number of hydrogen-bond acceptors (Lipinski definition) is 0. The molecule has 204 valence electrons. The Hall–Kier alpha value is -4.98. The molecule has 0 fully saturated rings. The van der Waals surface area contributed by atoms with Gasteiger partial charge in [-0.3, -0.25) is 0 Å². The first-order chi connectivity index (χ1) is 21.1. The zero-order valence-corrected chi connectivity index (χ0v) is 25.5. The predicted molar refractivity (Wildman–Crippen MR) is 188 cm³/mol. The van der Waals surface area contributed by atoms with Crippen LogP contribution < -0.4 is 10.4 Å². The van der Waals surface area contributed by atoms with Crippen molar-refractivity contribution in [2.24, 2.45) is 0 Å². The summed E-state index contributed by atoms with van der Waals surface area (Å²) >= 11 is 0. The molecule has 8 rings (SSSR count). The second-order valence-electron chi connectivity index (χ2n) is 12.1. The van der Waals surface area contributed by atoms with Crippen LogP contribution >= 0.6 is 0 Å². The van der Waals surface area contributed by atoms with E-state index in [0.29, 0.717) is 0 Å². The van der Waals surface area contributed by atoms with Gasteiger partial charge in [0.05, 0.1) is 0 Å². The third kappa shape index (κ3) is 4.20. The average Bonchev–Trinajstić information content (AvgIpc) is 3.31. The van der Waals surface area contributed by atoms with E-state index in [0.717, 1.165) is 0 Å². The lowest BCUT2D eigenvalue weighted by atomic mass is 9.88. The van der Waals surface area contributed by atoms with Gasteiger partial charge in [0.1, 0.15) is 8.07 Å². The molecule has 1 heteroatoms. The minimum absolute atomic E-state index is 1.23. The fraction of sp³-hybridized carbons (Fsp3) is 0.0476. The molecule has 0 nitrogen and oxygen atoms in total. The molecule has 0 aliphatic carbocycles. The first-order valence-corrected chi connectivity index (χ1v) is 18.1. The van der Waals surface area contributed by atoms with Crippen molar-refractivity contribution in [3.63, 3.8) is 0 Å². The minimum atomic E-state index is -1.86. The van der Waals surface area contributed by atoms with Gasteiger partial charge in [-0.2, -0.15) is 0 Å². The molecule has 0 aromatic heterocycles. The molecule has 0 saturated carbocycles. The molecule has 7 aromatic carbocycles. The topological polar surface area (TPSA) is 0 Å². The first-order valence-electron chi connectivity index (χ1n) is 15.1. The second-order valence-corrected chi connectivity index (χ2v) is 16.4. The van der Waals surface area contributed by atoms with Crippen LogP contribution in [0.2, 0.25) is 13.1 Å². The summed E-state index contributed by atoms with van der Waals surface area (Å²) in [6.07, 6.45) is 0. The highest BCUT2D eigenvalue weighted by Gasteiger charge is 2.39. The zero-order chi connectivity index (χ0) is 29.0. The molecule has 0 bridgehead atoms. The Balaban J connectivity index is 1.35. The van der Waals surface area contributed by atoms with Crippen molar-refractivity contribution >= 4 is 29.2 Å². The van der Waals surface area contributed by atoms with E-state index in [1.54, 1.807) is 10.4 Å². The van der Waals surface area contributed by atoms with Crippen molar-refractivity contribution in [3.05, 3.63) is 158 Å². The summed E-state index contributed by atoms with van der Waals surface area (Å²) in [5.41, 5.74) is 13.0. The molecule has 0 unspecified atom stereocenters. The third-order valence-electron chi connectivity index (χ3n) is 9.25. The summed E-state index contributed by atoms with van der Waals surface area (Å²) in [6, 6.07) is 58.2. The van der Waals surface area contributed by atoms with Crippen LogP contribution in [0.1, 0.15) is 0 Å². The maximum Gasteiger partial charge on any atom is 0.114 e. The molecule has 43 heavy (non-hydrogen) atoms. The standard InChI is InChI=1S/C42H32Si/c1-43(2)41-23-12-11-20-38(41)40-22-13-21-39(42(40)43)37-25-24-34(35-18-9-10-19-36(35)37)33-27-31(29-14-5-3-6-15-29)26-32(28-33)30-16-7-4-8-17-30/h3-28H,1-2H3. The zero-order valence-electron chi connectivity index (χ0n) is 24.5. The van der Waals surface area contributed by atoms with E-state index in [4.69, 9.17) is 0 Å². The van der Waals surface area contributed by atoms with Gasteiger partial charge in [0.25, 0.3) is 0 Å². The quantitative estimate of drug-likeness (QED) is 0.187. The maximum atomic E-state index is 2.51. The molecule has 0 spiro atoms. The second kappa shape index (κ2) is 10.1. The van der Waals surface area contributed by atoms with E-state index in [9.17, 15) is 0 Å². The molecular formula is C42H32Si. The van der Waals surface area contributed by atoms with Gasteiger partial charge < -0.3 is 0 Å². The highest BCUT2D eigenvalue weighted by molar-refractivity contribution is 7.04. The Bertz CT molecular complexity index is 2080. The van der Waals surface area contributed by atoms with Gasteiger partial charge in [0.2, 0.25) is 0 Å². The number of rotatable bonds is 4. The van der Waals surface area contributed by atoms with Crippen LogP contribution in [0, 0.1) is 0 Å². The van der Waals surface area contributed by atoms with Crippen LogP contribution in [0.25, 0.3) is 66.4 Å². The number of fused-ring (bicyclic) bond motifs is 4. The SMILES string of the molecule is C[Si]1(C)c2ccccc2-c2cccc(-c3ccc(-c4cc(-c5ccccc5)cc(-c5ccccc5)c4)c4ccccc34)c21. The van der Waals surface area contributed by atoms with Crippen molar-refractivity contribution in [2.45, 2.75) is 13.1 Å². The molecule has 1 aliphatic heterocycles.